The van der Waals surface area contributed by atoms with Crippen molar-refractivity contribution in [3.8, 4) is 5.88 Å². The minimum absolute atomic E-state index is 0.217. The van der Waals surface area contributed by atoms with E-state index >= 15 is 0 Å². The highest BCUT2D eigenvalue weighted by atomic mass is 16.5. The lowest BCUT2D eigenvalue weighted by Crippen LogP contribution is -2.38. The number of rotatable bonds is 5. The van der Waals surface area contributed by atoms with E-state index in [1.165, 1.54) is 26.0 Å². The van der Waals surface area contributed by atoms with Gasteiger partial charge in [-0.15, -0.1) is 0 Å². The van der Waals surface area contributed by atoms with Gasteiger partial charge < -0.3 is 15.2 Å². The fraction of sp³-hybridized carbons (Fsp3) is 0.500. The summed E-state index contributed by atoms with van der Waals surface area (Å²) < 4.78 is 5.69. The van der Waals surface area contributed by atoms with Crippen LogP contribution in [-0.4, -0.2) is 34.1 Å². The second-order valence-corrected chi connectivity index (χ2v) is 4.94. The number of ether oxygens (including phenoxy) is 1. The van der Waals surface area contributed by atoms with Crippen molar-refractivity contribution in [2.75, 3.05) is 0 Å². The maximum Gasteiger partial charge on any atom is 0.325 e. The highest BCUT2D eigenvalue weighted by Crippen LogP contribution is 2.22. The number of hydrogen-bond donors (Lipinski definition) is 2. The third-order valence-corrected chi connectivity index (χ3v) is 3.31. The van der Waals surface area contributed by atoms with Crippen LogP contribution in [-0.2, 0) is 4.79 Å². The normalized spacial score (nSPS) is 16.6. The molecule has 0 spiro atoms. The van der Waals surface area contributed by atoms with Crippen molar-refractivity contribution in [1.82, 2.24) is 10.3 Å². The lowest BCUT2D eigenvalue weighted by atomic mass is 10.2. The first-order valence-electron chi connectivity index (χ1n) is 6.72. The molecule has 1 amide bonds. The molecule has 1 aromatic rings. The summed E-state index contributed by atoms with van der Waals surface area (Å²) in [6.07, 6.45) is 6.05. The van der Waals surface area contributed by atoms with E-state index < -0.39 is 17.9 Å². The number of nitrogens with one attached hydrogen (secondary N) is 1. The van der Waals surface area contributed by atoms with Crippen LogP contribution >= 0.6 is 0 Å². The van der Waals surface area contributed by atoms with E-state index in [-0.39, 0.29) is 6.10 Å². The Bertz CT molecular complexity index is 480. The molecule has 2 N–H and O–H groups in total. The fourth-order valence-corrected chi connectivity index (χ4v) is 2.10. The molecule has 108 valence electrons. The number of carboxylic acids is 1. The molecule has 1 aliphatic rings. The third kappa shape index (κ3) is 3.69. The number of pyridine rings is 1. The summed E-state index contributed by atoms with van der Waals surface area (Å²) in [5.74, 6) is -1.04. The molecule has 20 heavy (non-hydrogen) atoms. The summed E-state index contributed by atoms with van der Waals surface area (Å²) in [4.78, 5) is 26.5. The summed E-state index contributed by atoms with van der Waals surface area (Å²) in [5.41, 5.74) is 0.317. The molecular formula is C14H18N2O4. The van der Waals surface area contributed by atoms with Crippen molar-refractivity contribution < 1.29 is 19.4 Å². The molecule has 0 aromatic carbocycles. The van der Waals surface area contributed by atoms with Gasteiger partial charge in [-0.3, -0.25) is 9.59 Å². The van der Waals surface area contributed by atoms with Gasteiger partial charge in [0.2, 0.25) is 5.88 Å². The van der Waals surface area contributed by atoms with Crippen molar-refractivity contribution in [3.05, 3.63) is 23.9 Å². The predicted molar refractivity (Wildman–Crippen MR) is 71.7 cm³/mol. The molecule has 0 bridgehead atoms. The van der Waals surface area contributed by atoms with E-state index in [0.29, 0.717) is 11.4 Å². The maximum atomic E-state index is 11.8. The minimum Gasteiger partial charge on any atom is -0.480 e. The van der Waals surface area contributed by atoms with E-state index in [2.05, 4.69) is 10.3 Å². The highest BCUT2D eigenvalue weighted by Gasteiger charge is 2.18. The Morgan fingerprint density at radius 3 is 2.65 bits per heavy atom. The van der Waals surface area contributed by atoms with Crippen LogP contribution in [0.5, 0.6) is 5.88 Å². The van der Waals surface area contributed by atoms with Crippen molar-refractivity contribution in [3.63, 3.8) is 0 Å². The average Bonchev–Trinajstić information content (AvgIpc) is 2.92. The molecular weight excluding hydrogens is 260 g/mol. The van der Waals surface area contributed by atoms with E-state index in [0.717, 1.165) is 12.8 Å². The van der Waals surface area contributed by atoms with E-state index in [4.69, 9.17) is 9.84 Å². The summed E-state index contributed by atoms with van der Waals surface area (Å²) in [7, 11) is 0. The summed E-state index contributed by atoms with van der Waals surface area (Å²) in [6.45, 7) is 1.41. The maximum absolute atomic E-state index is 11.8. The van der Waals surface area contributed by atoms with E-state index in [1.807, 2.05) is 0 Å². The number of carbonyl (C=O) groups is 2. The van der Waals surface area contributed by atoms with Crippen LogP contribution in [0.2, 0.25) is 0 Å². The number of carbonyl (C=O) groups excluding carboxylic acids is 1. The zero-order valence-electron chi connectivity index (χ0n) is 11.3. The standard InChI is InChI=1S/C14H18N2O4/c1-9(14(18)19)16-13(17)10-6-7-12(15-8-10)20-11-4-2-3-5-11/h6-9,11H,2-5H2,1H3,(H,16,17)(H,18,19). The van der Waals surface area contributed by atoms with Crippen molar-refractivity contribution in [2.45, 2.75) is 44.8 Å². The molecule has 1 aliphatic carbocycles. The topological polar surface area (TPSA) is 88.5 Å². The number of aromatic nitrogens is 1. The molecule has 6 heteroatoms. The second-order valence-electron chi connectivity index (χ2n) is 4.94. The Morgan fingerprint density at radius 1 is 1.40 bits per heavy atom. The zero-order valence-corrected chi connectivity index (χ0v) is 11.3. The summed E-state index contributed by atoms with van der Waals surface area (Å²) in [5, 5.41) is 11.1. The minimum atomic E-state index is -1.08. The van der Waals surface area contributed by atoms with Gasteiger partial charge >= 0.3 is 5.97 Å². The zero-order chi connectivity index (χ0) is 14.5. The van der Waals surface area contributed by atoms with E-state index in [9.17, 15) is 9.59 Å². The number of amides is 1. The van der Waals surface area contributed by atoms with Crippen molar-refractivity contribution in [2.24, 2.45) is 0 Å². The first kappa shape index (κ1) is 14.3. The Balaban J connectivity index is 1.93. The average molecular weight is 278 g/mol. The number of aliphatic carboxylic acids is 1. The molecule has 1 fully saturated rings. The molecule has 1 aromatic heterocycles. The van der Waals surface area contributed by atoms with Gasteiger partial charge in [-0.25, -0.2) is 4.98 Å². The van der Waals surface area contributed by atoms with Crippen LogP contribution in [0.25, 0.3) is 0 Å². The summed E-state index contributed by atoms with van der Waals surface area (Å²) in [6, 6.07) is 2.29. The molecule has 6 nitrogen and oxygen atoms in total. The van der Waals surface area contributed by atoms with Crippen LogP contribution in [0, 0.1) is 0 Å². The van der Waals surface area contributed by atoms with E-state index in [1.54, 1.807) is 12.1 Å². The van der Waals surface area contributed by atoms with Gasteiger partial charge in [0.15, 0.2) is 0 Å². The lowest BCUT2D eigenvalue weighted by molar-refractivity contribution is -0.138. The molecule has 0 saturated heterocycles. The second kappa shape index (κ2) is 6.36. The SMILES string of the molecule is CC(NC(=O)c1ccc(OC2CCCC2)nc1)C(=O)O. The van der Waals surface area contributed by atoms with Crippen molar-refractivity contribution >= 4 is 11.9 Å². The molecule has 2 rings (SSSR count). The molecule has 1 saturated carbocycles. The third-order valence-electron chi connectivity index (χ3n) is 3.31. The van der Waals surface area contributed by atoms with Gasteiger partial charge in [-0.1, -0.05) is 0 Å². The monoisotopic (exact) mass is 278 g/mol. The Morgan fingerprint density at radius 2 is 2.10 bits per heavy atom. The Kier molecular flexibility index (Phi) is 4.55. The summed E-state index contributed by atoms with van der Waals surface area (Å²) >= 11 is 0. The molecule has 0 aliphatic heterocycles. The predicted octanol–water partition coefficient (Wildman–Crippen LogP) is 1.61. The fourth-order valence-electron chi connectivity index (χ4n) is 2.10. The van der Waals surface area contributed by atoms with Crippen LogP contribution in [0.1, 0.15) is 43.0 Å². The van der Waals surface area contributed by atoms with Crippen LogP contribution in [0.4, 0.5) is 0 Å². The van der Waals surface area contributed by atoms with Gasteiger partial charge in [0, 0.05) is 12.3 Å². The first-order chi connectivity index (χ1) is 9.56. The van der Waals surface area contributed by atoms with Crippen molar-refractivity contribution in [1.29, 1.82) is 0 Å². The van der Waals surface area contributed by atoms with Gasteiger partial charge in [-0.2, -0.15) is 0 Å². The molecule has 0 radical (unpaired) electrons. The molecule has 1 atom stereocenters. The number of hydrogen-bond acceptors (Lipinski definition) is 4. The molecule has 1 unspecified atom stereocenters. The Labute approximate surface area is 117 Å². The lowest BCUT2D eigenvalue weighted by Gasteiger charge is -2.12. The van der Waals surface area contributed by atoms with Crippen LogP contribution in [0.15, 0.2) is 18.3 Å². The van der Waals surface area contributed by atoms with Gasteiger partial charge in [0.1, 0.15) is 12.1 Å². The van der Waals surface area contributed by atoms with Gasteiger partial charge in [0.05, 0.1) is 5.56 Å². The largest absolute Gasteiger partial charge is 0.480 e. The van der Waals surface area contributed by atoms with Gasteiger partial charge in [-0.05, 0) is 38.7 Å². The van der Waals surface area contributed by atoms with Crippen LogP contribution in [0.3, 0.4) is 0 Å². The number of nitrogens with zero attached hydrogens (tertiary/aromatic N) is 1. The number of carboxylic acid groups (broad SMARTS) is 1. The quantitative estimate of drug-likeness (QED) is 0.854. The molecule has 1 heterocycles. The first-order valence-corrected chi connectivity index (χ1v) is 6.72. The smallest absolute Gasteiger partial charge is 0.325 e. The van der Waals surface area contributed by atoms with Crippen LogP contribution < -0.4 is 10.1 Å². The highest BCUT2D eigenvalue weighted by molar-refractivity contribution is 5.96. The Hall–Kier alpha value is -2.11. The van der Waals surface area contributed by atoms with Gasteiger partial charge in [0.25, 0.3) is 5.91 Å².